The first-order valence-electron chi connectivity index (χ1n) is 5.70. The van der Waals surface area contributed by atoms with Gasteiger partial charge in [-0.15, -0.1) is 0 Å². The Hall–Kier alpha value is -0.820. The highest BCUT2D eigenvalue weighted by atomic mass is 14.9. The van der Waals surface area contributed by atoms with Gasteiger partial charge < -0.3 is 5.32 Å². The molecule has 2 rings (SSSR count). The first-order valence-corrected chi connectivity index (χ1v) is 5.70. The predicted octanol–water partition coefficient (Wildman–Crippen LogP) is 2.04. The Labute approximate surface area is 86.5 Å². The van der Waals surface area contributed by atoms with Gasteiger partial charge in [0, 0.05) is 12.0 Å². The zero-order valence-corrected chi connectivity index (χ0v) is 9.16. The molecule has 1 aromatic carbocycles. The van der Waals surface area contributed by atoms with E-state index in [4.69, 9.17) is 0 Å². The van der Waals surface area contributed by atoms with Crippen molar-refractivity contribution in [3.05, 3.63) is 35.4 Å². The van der Waals surface area contributed by atoms with Crippen LogP contribution < -0.4 is 5.32 Å². The van der Waals surface area contributed by atoms with Crippen LogP contribution in [0.4, 0.5) is 0 Å². The summed E-state index contributed by atoms with van der Waals surface area (Å²) in [6.07, 6.45) is 3.97. The van der Waals surface area contributed by atoms with Gasteiger partial charge in [0.2, 0.25) is 0 Å². The maximum absolute atomic E-state index is 2.50. The Morgan fingerprint density at radius 1 is 1.29 bits per heavy atom. The van der Waals surface area contributed by atoms with Gasteiger partial charge in [-0.2, -0.15) is 0 Å². The lowest BCUT2D eigenvalue weighted by Gasteiger charge is -2.25. The van der Waals surface area contributed by atoms with Crippen molar-refractivity contribution in [3.63, 3.8) is 0 Å². The van der Waals surface area contributed by atoms with Crippen molar-refractivity contribution >= 4 is 0 Å². The van der Waals surface area contributed by atoms with Crippen LogP contribution in [0.15, 0.2) is 24.3 Å². The van der Waals surface area contributed by atoms with Gasteiger partial charge in [-0.05, 0) is 32.3 Å². The molecule has 0 amide bonds. The summed E-state index contributed by atoms with van der Waals surface area (Å²) < 4.78 is 0. The fourth-order valence-electron chi connectivity index (χ4n) is 2.46. The summed E-state index contributed by atoms with van der Waals surface area (Å²) in [4.78, 5) is 0. The van der Waals surface area contributed by atoms with Crippen molar-refractivity contribution in [2.24, 2.45) is 0 Å². The molecule has 0 saturated carbocycles. The summed E-state index contributed by atoms with van der Waals surface area (Å²) >= 11 is 0. The van der Waals surface area contributed by atoms with E-state index < -0.39 is 0 Å². The van der Waals surface area contributed by atoms with Crippen molar-refractivity contribution < 1.29 is 5.32 Å². The molecular formula is C13H20N+. The fourth-order valence-corrected chi connectivity index (χ4v) is 2.46. The van der Waals surface area contributed by atoms with Gasteiger partial charge in [-0.3, -0.25) is 0 Å². The smallest absolute Gasteiger partial charge is 0.112 e. The van der Waals surface area contributed by atoms with Gasteiger partial charge in [-0.1, -0.05) is 24.3 Å². The molecule has 1 heteroatoms. The second kappa shape index (κ2) is 4.14. The lowest BCUT2D eigenvalue weighted by molar-refractivity contribution is -0.723. The first kappa shape index (κ1) is 9.72. The highest BCUT2D eigenvalue weighted by molar-refractivity contribution is 5.30. The standard InChI is InChI=1S/C13H19N/c1-10(2)14-13-9-5-7-11-6-3-4-8-12(11)13/h3-4,6,8,10,13-14H,5,7,9H2,1-2H3/p+1. The molecule has 0 fully saturated rings. The quantitative estimate of drug-likeness (QED) is 0.735. The highest BCUT2D eigenvalue weighted by Gasteiger charge is 2.22. The lowest BCUT2D eigenvalue weighted by atomic mass is 9.87. The number of hydrogen-bond acceptors (Lipinski definition) is 0. The Balaban J connectivity index is 2.22. The molecule has 0 bridgehead atoms. The average molecular weight is 190 g/mol. The molecule has 0 aromatic heterocycles. The second-order valence-corrected chi connectivity index (χ2v) is 4.63. The molecule has 1 atom stereocenters. The number of quaternary nitrogens is 1. The molecule has 0 radical (unpaired) electrons. The second-order valence-electron chi connectivity index (χ2n) is 4.63. The summed E-state index contributed by atoms with van der Waals surface area (Å²) in [5, 5.41) is 2.50. The molecule has 76 valence electrons. The summed E-state index contributed by atoms with van der Waals surface area (Å²) in [6.45, 7) is 4.55. The third-order valence-electron chi connectivity index (χ3n) is 3.03. The summed E-state index contributed by atoms with van der Waals surface area (Å²) in [5.74, 6) is 0. The summed E-state index contributed by atoms with van der Waals surface area (Å²) in [7, 11) is 0. The molecule has 1 aliphatic rings. The normalized spacial score (nSPS) is 20.9. The maximum Gasteiger partial charge on any atom is 0.112 e. The number of hydrogen-bond donors (Lipinski definition) is 1. The molecule has 1 nitrogen and oxygen atoms in total. The van der Waals surface area contributed by atoms with Crippen LogP contribution in [0.25, 0.3) is 0 Å². The Bertz CT molecular complexity index is 304. The van der Waals surface area contributed by atoms with Crippen molar-refractivity contribution in [2.45, 2.75) is 45.2 Å². The topological polar surface area (TPSA) is 16.6 Å². The summed E-state index contributed by atoms with van der Waals surface area (Å²) in [6, 6.07) is 10.3. The Kier molecular flexibility index (Phi) is 2.87. The van der Waals surface area contributed by atoms with E-state index in [9.17, 15) is 0 Å². The predicted molar refractivity (Wildman–Crippen MR) is 59.2 cm³/mol. The zero-order valence-electron chi connectivity index (χ0n) is 9.16. The molecule has 0 spiro atoms. The average Bonchev–Trinajstić information content (AvgIpc) is 2.18. The van der Waals surface area contributed by atoms with Gasteiger partial charge in [0.1, 0.15) is 6.04 Å². The Morgan fingerprint density at radius 2 is 2.07 bits per heavy atom. The molecule has 0 aliphatic heterocycles. The van der Waals surface area contributed by atoms with Crippen LogP contribution >= 0.6 is 0 Å². The van der Waals surface area contributed by atoms with Crippen LogP contribution in [0.3, 0.4) is 0 Å². The Morgan fingerprint density at radius 3 is 2.86 bits per heavy atom. The fraction of sp³-hybridized carbons (Fsp3) is 0.538. The monoisotopic (exact) mass is 190 g/mol. The highest BCUT2D eigenvalue weighted by Crippen LogP contribution is 2.26. The third-order valence-corrected chi connectivity index (χ3v) is 3.03. The van der Waals surface area contributed by atoms with E-state index >= 15 is 0 Å². The van der Waals surface area contributed by atoms with Gasteiger partial charge in [0.25, 0.3) is 0 Å². The van der Waals surface area contributed by atoms with E-state index in [1.165, 1.54) is 19.3 Å². The minimum Gasteiger partial charge on any atom is -0.338 e. The molecule has 1 aromatic rings. The van der Waals surface area contributed by atoms with E-state index in [1.807, 2.05) is 0 Å². The number of rotatable bonds is 2. The van der Waals surface area contributed by atoms with E-state index in [0.29, 0.717) is 12.1 Å². The zero-order chi connectivity index (χ0) is 9.97. The number of nitrogens with two attached hydrogens (primary N) is 1. The van der Waals surface area contributed by atoms with Gasteiger partial charge in [-0.25, -0.2) is 0 Å². The molecule has 1 unspecified atom stereocenters. The van der Waals surface area contributed by atoms with Crippen molar-refractivity contribution in [2.75, 3.05) is 0 Å². The van der Waals surface area contributed by atoms with E-state index in [1.54, 1.807) is 11.1 Å². The van der Waals surface area contributed by atoms with Crippen LogP contribution in [-0.4, -0.2) is 6.04 Å². The van der Waals surface area contributed by atoms with E-state index in [2.05, 4.69) is 43.4 Å². The summed E-state index contributed by atoms with van der Waals surface area (Å²) in [5.41, 5.74) is 3.15. The largest absolute Gasteiger partial charge is 0.338 e. The number of benzene rings is 1. The lowest BCUT2D eigenvalue weighted by Crippen LogP contribution is -2.89. The van der Waals surface area contributed by atoms with Gasteiger partial charge >= 0.3 is 0 Å². The minimum absolute atomic E-state index is 0.700. The molecule has 1 aliphatic carbocycles. The first-order chi connectivity index (χ1) is 6.77. The van der Waals surface area contributed by atoms with Crippen LogP contribution in [0.1, 0.15) is 43.9 Å². The van der Waals surface area contributed by atoms with Crippen LogP contribution in [0, 0.1) is 0 Å². The molecular weight excluding hydrogens is 170 g/mol. The van der Waals surface area contributed by atoms with E-state index in [-0.39, 0.29) is 0 Å². The maximum atomic E-state index is 2.50. The molecule has 0 saturated heterocycles. The number of fused-ring (bicyclic) bond motifs is 1. The molecule has 0 heterocycles. The van der Waals surface area contributed by atoms with Gasteiger partial charge in [0.15, 0.2) is 0 Å². The van der Waals surface area contributed by atoms with Crippen molar-refractivity contribution in [3.8, 4) is 0 Å². The van der Waals surface area contributed by atoms with Crippen molar-refractivity contribution in [1.82, 2.24) is 0 Å². The van der Waals surface area contributed by atoms with E-state index in [0.717, 1.165) is 0 Å². The van der Waals surface area contributed by atoms with Gasteiger partial charge in [0.05, 0.1) is 6.04 Å². The van der Waals surface area contributed by atoms with Crippen molar-refractivity contribution in [1.29, 1.82) is 0 Å². The third kappa shape index (κ3) is 1.98. The minimum atomic E-state index is 0.700. The van der Waals surface area contributed by atoms with Crippen LogP contribution in [0.2, 0.25) is 0 Å². The molecule has 14 heavy (non-hydrogen) atoms. The molecule has 2 N–H and O–H groups in total. The van der Waals surface area contributed by atoms with Crippen LogP contribution in [-0.2, 0) is 6.42 Å². The SMILES string of the molecule is CC(C)[NH2+]C1CCCc2ccccc21. The number of aryl methyl sites for hydroxylation is 1. The van der Waals surface area contributed by atoms with Crippen LogP contribution in [0.5, 0.6) is 0 Å².